The molecule has 0 unspecified atom stereocenters. The first kappa shape index (κ1) is 16.5. The van der Waals surface area contributed by atoms with Crippen LogP contribution in [0.3, 0.4) is 0 Å². The molecule has 0 aliphatic rings. The molecular weight excluding hydrogens is 280 g/mol. The lowest BCUT2D eigenvalue weighted by atomic mass is 10.2. The van der Waals surface area contributed by atoms with Gasteiger partial charge in [0.05, 0.1) is 26.0 Å². The number of esters is 2. The standard InChI is InChI=1S/C12H18N4O5/c1-3-20-8(17)5-7(12(19)21-4-2)16-6-15-9(10(16)13)11(14)18/h6-7H,3-5,13H2,1-2H3,(H2,14,18)/t7-/m1/s1. The summed E-state index contributed by atoms with van der Waals surface area (Å²) in [6.45, 7) is 3.59. The highest BCUT2D eigenvalue weighted by atomic mass is 16.5. The summed E-state index contributed by atoms with van der Waals surface area (Å²) >= 11 is 0. The molecule has 0 saturated carbocycles. The van der Waals surface area contributed by atoms with E-state index in [2.05, 4.69) is 4.98 Å². The van der Waals surface area contributed by atoms with Crippen LogP contribution < -0.4 is 11.5 Å². The summed E-state index contributed by atoms with van der Waals surface area (Å²) in [5.41, 5.74) is 10.7. The second kappa shape index (κ2) is 7.27. The van der Waals surface area contributed by atoms with Crippen molar-refractivity contribution in [2.75, 3.05) is 18.9 Å². The first-order chi connectivity index (χ1) is 9.92. The maximum Gasteiger partial charge on any atom is 0.329 e. The van der Waals surface area contributed by atoms with Crippen molar-refractivity contribution in [2.45, 2.75) is 26.3 Å². The number of ether oxygens (including phenoxy) is 2. The molecule has 0 aliphatic heterocycles. The Bertz CT molecular complexity index is 540. The van der Waals surface area contributed by atoms with E-state index in [1.54, 1.807) is 13.8 Å². The molecule has 0 saturated heterocycles. The molecule has 0 bridgehead atoms. The van der Waals surface area contributed by atoms with Crippen LogP contribution in [0.15, 0.2) is 6.33 Å². The molecule has 0 spiro atoms. The fraction of sp³-hybridized carbons (Fsp3) is 0.500. The number of hydrogen-bond donors (Lipinski definition) is 2. The number of hydrogen-bond acceptors (Lipinski definition) is 7. The van der Waals surface area contributed by atoms with Gasteiger partial charge in [0.15, 0.2) is 5.69 Å². The molecule has 1 aromatic rings. The van der Waals surface area contributed by atoms with Gasteiger partial charge in [0, 0.05) is 0 Å². The van der Waals surface area contributed by atoms with Gasteiger partial charge in [-0.25, -0.2) is 9.78 Å². The van der Waals surface area contributed by atoms with Crippen LogP contribution in [0.1, 0.15) is 36.8 Å². The molecule has 0 aliphatic carbocycles. The van der Waals surface area contributed by atoms with Gasteiger partial charge >= 0.3 is 11.9 Å². The second-order valence-electron chi connectivity index (χ2n) is 4.03. The monoisotopic (exact) mass is 298 g/mol. The number of nitrogens with two attached hydrogens (primary N) is 2. The van der Waals surface area contributed by atoms with Gasteiger partial charge in [-0.2, -0.15) is 0 Å². The highest BCUT2D eigenvalue weighted by Crippen LogP contribution is 2.21. The summed E-state index contributed by atoms with van der Waals surface area (Å²) in [4.78, 5) is 38.4. The SMILES string of the molecule is CCOC(=O)C[C@H](C(=O)OCC)n1cnc(C(N)=O)c1N. The third-order valence-corrected chi connectivity index (χ3v) is 2.63. The predicted molar refractivity (Wildman–Crippen MR) is 72.1 cm³/mol. The zero-order valence-electron chi connectivity index (χ0n) is 11.9. The van der Waals surface area contributed by atoms with E-state index in [1.165, 1.54) is 4.57 Å². The number of primary amides is 1. The minimum absolute atomic E-state index is 0.107. The number of imidazole rings is 1. The molecule has 0 radical (unpaired) electrons. The number of nitrogens with zero attached hydrogens (tertiary/aromatic N) is 2. The largest absolute Gasteiger partial charge is 0.466 e. The van der Waals surface area contributed by atoms with Crippen molar-refractivity contribution in [1.82, 2.24) is 9.55 Å². The van der Waals surface area contributed by atoms with Crippen molar-refractivity contribution >= 4 is 23.7 Å². The molecule has 9 heteroatoms. The van der Waals surface area contributed by atoms with Gasteiger partial charge in [0.1, 0.15) is 11.9 Å². The summed E-state index contributed by atoms with van der Waals surface area (Å²) in [6.07, 6.45) is 0.877. The lowest BCUT2D eigenvalue weighted by molar-refractivity contribution is -0.153. The van der Waals surface area contributed by atoms with Gasteiger partial charge in [-0.05, 0) is 13.8 Å². The van der Waals surface area contributed by atoms with E-state index in [1.807, 2.05) is 0 Å². The quantitative estimate of drug-likeness (QED) is 0.654. The number of anilines is 1. The highest BCUT2D eigenvalue weighted by Gasteiger charge is 2.29. The molecule has 116 valence electrons. The predicted octanol–water partition coefficient (Wildman–Crippen LogP) is -0.378. The van der Waals surface area contributed by atoms with Crippen LogP contribution in [-0.2, 0) is 19.1 Å². The number of nitrogen functional groups attached to an aromatic ring is 1. The number of amides is 1. The van der Waals surface area contributed by atoms with Crippen LogP contribution in [-0.4, -0.2) is 40.6 Å². The number of rotatable bonds is 7. The normalized spacial score (nSPS) is 11.7. The number of carbonyl (C=O) groups excluding carboxylic acids is 3. The molecule has 1 aromatic heterocycles. The van der Waals surface area contributed by atoms with E-state index < -0.39 is 23.9 Å². The Kier molecular flexibility index (Phi) is 5.70. The van der Waals surface area contributed by atoms with Crippen LogP contribution in [0, 0.1) is 0 Å². The average Bonchev–Trinajstić information content (AvgIpc) is 2.78. The highest BCUT2D eigenvalue weighted by molar-refractivity contribution is 5.95. The zero-order chi connectivity index (χ0) is 16.0. The summed E-state index contributed by atoms with van der Waals surface area (Å²) in [5.74, 6) is -2.20. The van der Waals surface area contributed by atoms with Crippen molar-refractivity contribution in [2.24, 2.45) is 5.73 Å². The molecule has 0 fully saturated rings. The Morgan fingerprint density at radius 3 is 2.38 bits per heavy atom. The molecule has 21 heavy (non-hydrogen) atoms. The molecule has 1 atom stereocenters. The van der Waals surface area contributed by atoms with Gasteiger partial charge in [-0.15, -0.1) is 0 Å². The minimum atomic E-state index is -1.07. The maximum absolute atomic E-state index is 12.0. The van der Waals surface area contributed by atoms with Gasteiger partial charge in [0.2, 0.25) is 0 Å². The Hall–Kier alpha value is -2.58. The Morgan fingerprint density at radius 2 is 1.90 bits per heavy atom. The Labute approximate surface area is 121 Å². The van der Waals surface area contributed by atoms with Crippen LogP contribution in [0.4, 0.5) is 5.82 Å². The van der Waals surface area contributed by atoms with E-state index in [9.17, 15) is 14.4 Å². The maximum atomic E-state index is 12.0. The molecule has 1 amide bonds. The van der Waals surface area contributed by atoms with Crippen molar-refractivity contribution in [3.63, 3.8) is 0 Å². The lowest BCUT2D eigenvalue weighted by Gasteiger charge is -2.17. The molecule has 1 heterocycles. The van der Waals surface area contributed by atoms with Crippen LogP contribution in [0.25, 0.3) is 0 Å². The van der Waals surface area contributed by atoms with Crippen molar-refractivity contribution in [1.29, 1.82) is 0 Å². The summed E-state index contributed by atoms with van der Waals surface area (Å²) < 4.78 is 10.9. The molecular formula is C12H18N4O5. The fourth-order valence-electron chi connectivity index (χ4n) is 1.72. The third-order valence-electron chi connectivity index (χ3n) is 2.63. The average molecular weight is 298 g/mol. The number of aromatic nitrogens is 2. The summed E-state index contributed by atoms with van der Waals surface area (Å²) in [5, 5.41) is 0. The van der Waals surface area contributed by atoms with Gasteiger partial charge < -0.3 is 25.5 Å². The van der Waals surface area contributed by atoms with Gasteiger partial charge in [-0.3, -0.25) is 9.59 Å². The second-order valence-corrected chi connectivity index (χ2v) is 4.03. The van der Waals surface area contributed by atoms with E-state index >= 15 is 0 Å². The lowest BCUT2D eigenvalue weighted by Crippen LogP contribution is -2.26. The van der Waals surface area contributed by atoms with Gasteiger partial charge in [-0.1, -0.05) is 0 Å². The molecule has 4 N–H and O–H groups in total. The van der Waals surface area contributed by atoms with E-state index in [-0.39, 0.29) is 31.1 Å². The Balaban J connectivity index is 3.08. The molecule has 1 rings (SSSR count). The smallest absolute Gasteiger partial charge is 0.329 e. The third kappa shape index (κ3) is 3.94. The minimum Gasteiger partial charge on any atom is -0.466 e. The van der Waals surface area contributed by atoms with E-state index in [4.69, 9.17) is 20.9 Å². The fourth-order valence-corrected chi connectivity index (χ4v) is 1.72. The van der Waals surface area contributed by atoms with Crippen LogP contribution in [0.2, 0.25) is 0 Å². The van der Waals surface area contributed by atoms with Crippen molar-refractivity contribution < 1.29 is 23.9 Å². The first-order valence-electron chi connectivity index (χ1n) is 6.36. The van der Waals surface area contributed by atoms with E-state index in [0.29, 0.717) is 0 Å². The van der Waals surface area contributed by atoms with Crippen molar-refractivity contribution in [3.8, 4) is 0 Å². The first-order valence-corrected chi connectivity index (χ1v) is 6.36. The van der Waals surface area contributed by atoms with Crippen LogP contribution in [0.5, 0.6) is 0 Å². The van der Waals surface area contributed by atoms with Crippen molar-refractivity contribution in [3.05, 3.63) is 12.0 Å². The number of carbonyl (C=O) groups is 3. The molecule has 0 aromatic carbocycles. The summed E-state index contributed by atoms with van der Waals surface area (Å²) in [6, 6.07) is -1.07. The topological polar surface area (TPSA) is 140 Å². The summed E-state index contributed by atoms with van der Waals surface area (Å²) in [7, 11) is 0. The van der Waals surface area contributed by atoms with Crippen LogP contribution >= 0.6 is 0 Å². The Morgan fingerprint density at radius 1 is 1.29 bits per heavy atom. The van der Waals surface area contributed by atoms with Gasteiger partial charge in [0.25, 0.3) is 5.91 Å². The zero-order valence-corrected chi connectivity index (χ0v) is 11.9. The van der Waals surface area contributed by atoms with E-state index in [0.717, 1.165) is 6.33 Å². The molecule has 9 nitrogen and oxygen atoms in total.